The van der Waals surface area contributed by atoms with E-state index in [9.17, 15) is 0 Å². The second-order valence-corrected chi connectivity index (χ2v) is 5.80. The molecule has 1 aromatic heterocycles. The van der Waals surface area contributed by atoms with Gasteiger partial charge < -0.3 is 5.32 Å². The van der Waals surface area contributed by atoms with Crippen LogP contribution in [0.2, 0.25) is 0 Å². The van der Waals surface area contributed by atoms with Crippen molar-refractivity contribution in [2.75, 3.05) is 0 Å². The van der Waals surface area contributed by atoms with Gasteiger partial charge in [-0.2, -0.15) is 0 Å². The van der Waals surface area contributed by atoms with Crippen LogP contribution in [0.4, 0.5) is 0 Å². The van der Waals surface area contributed by atoms with Gasteiger partial charge in [-0.15, -0.1) is 11.3 Å². The van der Waals surface area contributed by atoms with Gasteiger partial charge in [0.25, 0.3) is 0 Å². The quantitative estimate of drug-likeness (QED) is 0.882. The van der Waals surface area contributed by atoms with Crippen molar-refractivity contribution in [2.45, 2.75) is 39.8 Å². The van der Waals surface area contributed by atoms with Crippen molar-refractivity contribution in [2.24, 2.45) is 0 Å². The number of aryl methyl sites for hydroxylation is 1. The number of thiazole rings is 1. The second kappa shape index (κ2) is 6.12. The van der Waals surface area contributed by atoms with E-state index in [1.165, 1.54) is 15.4 Å². The van der Waals surface area contributed by atoms with Crippen LogP contribution >= 0.6 is 11.3 Å². The molecule has 0 atom stereocenters. The standard InChI is InChI=1S/C15H20N2S/c1-4-14-17-15(12-8-6-5-7-9-12)13(18-14)10-16-11(2)3/h5-9,11,16H,4,10H2,1-3H3. The molecule has 0 spiro atoms. The summed E-state index contributed by atoms with van der Waals surface area (Å²) in [5.74, 6) is 0. The van der Waals surface area contributed by atoms with Crippen molar-refractivity contribution in [1.29, 1.82) is 0 Å². The van der Waals surface area contributed by atoms with Gasteiger partial charge in [0.05, 0.1) is 10.7 Å². The van der Waals surface area contributed by atoms with Gasteiger partial charge >= 0.3 is 0 Å². The molecular formula is C15H20N2S. The summed E-state index contributed by atoms with van der Waals surface area (Å²) in [5.41, 5.74) is 2.36. The Morgan fingerprint density at radius 1 is 1.22 bits per heavy atom. The second-order valence-electron chi connectivity index (χ2n) is 4.63. The molecule has 0 bridgehead atoms. The molecule has 0 aliphatic carbocycles. The number of hydrogen-bond donors (Lipinski definition) is 1. The van der Waals surface area contributed by atoms with Crippen molar-refractivity contribution in [3.8, 4) is 11.3 Å². The third-order valence-electron chi connectivity index (χ3n) is 2.76. The first-order valence-corrected chi connectivity index (χ1v) is 7.29. The average molecular weight is 260 g/mol. The minimum atomic E-state index is 0.501. The average Bonchev–Trinajstić information content (AvgIpc) is 2.80. The highest BCUT2D eigenvalue weighted by Crippen LogP contribution is 2.28. The molecule has 0 fully saturated rings. The molecule has 0 saturated carbocycles. The lowest BCUT2D eigenvalue weighted by Gasteiger charge is -2.07. The molecule has 18 heavy (non-hydrogen) atoms. The van der Waals surface area contributed by atoms with E-state index in [0.29, 0.717) is 6.04 Å². The van der Waals surface area contributed by atoms with Crippen molar-refractivity contribution in [1.82, 2.24) is 10.3 Å². The number of nitrogens with one attached hydrogen (secondary N) is 1. The maximum Gasteiger partial charge on any atom is 0.0933 e. The fourth-order valence-corrected chi connectivity index (χ4v) is 2.77. The maximum atomic E-state index is 4.76. The summed E-state index contributed by atoms with van der Waals surface area (Å²) in [4.78, 5) is 6.09. The van der Waals surface area contributed by atoms with E-state index < -0.39 is 0 Å². The van der Waals surface area contributed by atoms with E-state index in [0.717, 1.165) is 18.7 Å². The third kappa shape index (κ3) is 3.18. The molecule has 1 heterocycles. The minimum absolute atomic E-state index is 0.501. The topological polar surface area (TPSA) is 24.9 Å². The first-order chi connectivity index (χ1) is 8.70. The Morgan fingerprint density at radius 2 is 1.94 bits per heavy atom. The summed E-state index contributed by atoms with van der Waals surface area (Å²) < 4.78 is 0. The predicted octanol–water partition coefficient (Wildman–Crippen LogP) is 3.87. The highest BCUT2D eigenvalue weighted by Gasteiger charge is 2.12. The summed E-state index contributed by atoms with van der Waals surface area (Å²) >= 11 is 1.82. The van der Waals surface area contributed by atoms with Gasteiger partial charge in [-0.3, -0.25) is 0 Å². The normalized spacial score (nSPS) is 11.1. The van der Waals surface area contributed by atoms with Crippen molar-refractivity contribution in [3.05, 3.63) is 40.2 Å². The Kier molecular flexibility index (Phi) is 4.50. The van der Waals surface area contributed by atoms with Crippen LogP contribution in [-0.2, 0) is 13.0 Å². The van der Waals surface area contributed by atoms with Crippen LogP contribution in [0, 0.1) is 0 Å². The predicted molar refractivity (Wildman–Crippen MR) is 78.9 cm³/mol. The Balaban J connectivity index is 2.30. The molecule has 2 aromatic rings. The summed E-state index contributed by atoms with van der Waals surface area (Å²) in [6.07, 6.45) is 1.01. The molecule has 96 valence electrons. The SMILES string of the molecule is CCc1nc(-c2ccccc2)c(CNC(C)C)s1. The summed E-state index contributed by atoms with van der Waals surface area (Å²) in [6, 6.07) is 10.9. The van der Waals surface area contributed by atoms with Crippen molar-refractivity contribution >= 4 is 11.3 Å². The fraction of sp³-hybridized carbons (Fsp3) is 0.400. The smallest absolute Gasteiger partial charge is 0.0933 e. The lowest BCUT2D eigenvalue weighted by molar-refractivity contribution is 0.593. The van der Waals surface area contributed by atoms with E-state index in [1.54, 1.807) is 0 Å². The fourth-order valence-electron chi connectivity index (χ4n) is 1.79. The molecule has 0 amide bonds. The molecular weight excluding hydrogens is 240 g/mol. The van der Waals surface area contributed by atoms with Crippen LogP contribution in [0.25, 0.3) is 11.3 Å². The molecule has 0 radical (unpaired) electrons. The van der Waals surface area contributed by atoms with Gasteiger partial charge in [-0.1, -0.05) is 51.1 Å². The maximum absolute atomic E-state index is 4.76. The Hall–Kier alpha value is -1.19. The summed E-state index contributed by atoms with van der Waals surface area (Å²) in [7, 11) is 0. The number of nitrogens with zero attached hydrogens (tertiary/aromatic N) is 1. The van der Waals surface area contributed by atoms with Gasteiger partial charge in [0.15, 0.2) is 0 Å². The van der Waals surface area contributed by atoms with E-state index in [4.69, 9.17) is 4.98 Å². The number of hydrogen-bond acceptors (Lipinski definition) is 3. The zero-order valence-corrected chi connectivity index (χ0v) is 12.1. The lowest BCUT2D eigenvalue weighted by atomic mass is 10.1. The Bertz CT molecular complexity index is 488. The highest BCUT2D eigenvalue weighted by molar-refractivity contribution is 7.12. The molecule has 2 nitrogen and oxygen atoms in total. The zero-order chi connectivity index (χ0) is 13.0. The van der Waals surface area contributed by atoms with Gasteiger partial charge in [0.1, 0.15) is 0 Å². The molecule has 1 aromatic carbocycles. The van der Waals surface area contributed by atoms with E-state index in [1.807, 2.05) is 17.4 Å². The Morgan fingerprint density at radius 3 is 2.56 bits per heavy atom. The molecule has 0 unspecified atom stereocenters. The van der Waals surface area contributed by atoms with Crippen LogP contribution in [-0.4, -0.2) is 11.0 Å². The number of benzene rings is 1. The Labute approximate surface area is 113 Å². The van der Waals surface area contributed by atoms with Crippen molar-refractivity contribution < 1.29 is 0 Å². The number of rotatable bonds is 5. The van der Waals surface area contributed by atoms with Gasteiger partial charge in [-0.25, -0.2) is 4.98 Å². The first kappa shape index (κ1) is 13.2. The third-order valence-corrected chi connectivity index (χ3v) is 3.96. The lowest BCUT2D eigenvalue weighted by Crippen LogP contribution is -2.21. The van der Waals surface area contributed by atoms with E-state index in [2.05, 4.69) is 50.4 Å². The molecule has 3 heteroatoms. The largest absolute Gasteiger partial charge is 0.310 e. The summed E-state index contributed by atoms with van der Waals surface area (Å²) in [5, 5.41) is 4.70. The van der Waals surface area contributed by atoms with Gasteiger partial charge in [-0.05, 0) is 6.42 Å². The molecule has 2 rings (SSSR count). The van der Waals surface area contributed by atoms with E-state index in [-0.39, 0.29) is 0 Å². The van der Waals surface area contributed by atoms with E-state index >= 15 is 0 Å². The monoisotopic (exact) mass is 260 g/mol. The van der Waals surface area contributed by atoms with Crippen LogP contribution in [0.3, 0.4) is 0 Å². The number of aromatic nitrogens is 1. The van der Waals surface area contributed by atoms with Crippen LogP contribution in [0.5, 0.6) is 0 Å². The van der Waals surface area contributed by atoms with Gasteiger partial charge in [0.2, 0.25) is 0 Å². The molecule has 0 saturated heterocycles. The van der Waals surface area contributed by atoms with Crippen molar-refractivity contribution in [3.63, 3.8) is 0 Å². The highest BCUT2D eigenvalue weighted by atomic mass is 32.1. The molecule has 0 aliphatic heterocycles. The zero-order valence-electron chi connectivity index (χ0n) is 11.2. The molecule has 0 aliphatic rings. The minimum Gasteiger partial charge on any atom is -0.310 e. The van der Waals surface area contributed by atoms with Crippen LogP contribution < -0.4 is 5.32 Å². The van der Waals surface area contributed by atoms with Gasteiger partial charge in [0, 0.05) is 23.0 Å². The van der Waals surface area contributed by atoms with Crippen LogP contribution in [0.15, 0.2) is 30.3 Å². The van der Waals surface area contributed by atoms with Crippen LogP contribution in [0.1, 0.15) is 30.7 Å². The first-order valence-electron chi connectivity index (χ1n) is 6.48. The molecule has 1 N–H and O–H groups in total. The summed E-state index contributed by atoms with van der Waals surface area (Å²) in [6.45, 7) is 7.40.